The average molecular weight is 211 g/mol. The van der Waals surface area contributed by atoms with Crippen LogP contribution in [0.25, 0.3) is 0 Å². The highest BCUT2D eigenvalue weighted by atomic mass is 32.1. The quantitative estimate of drug-likeness (QED) is 0.457. The smallest absolute Gasteiger partial charge is 0.305 e. The van der Waals surface area contributed by atoms with Crippen LogP contribution in [-0.2, 0) is 9.53 Å². The van der Waals surface area contributed by atoms with Crippen LogP contribution in [0.3, 0.4) is 0 Å². The predicted octanol–water partition coefficient (Wildman–Crippen LogP) is 2.18. The molecule has 0 saturated heterocycles. The van der Waals surface area contributed by atoms with Crippen LogP contribution in [0, 0.1) is 6.92 Å². The van der Waals surface area contributed by atoms with Crippen molar-refractivity contribution in [3.63, 3.8) is 0 Å². The summed E-state index contributed by atoms with van der Waals surface area (Å²) in [5.41, 5.74) is 1.45. The Balaban J connectivity index is 2.51. The molecule has 1 N–H and O–H groups in total. The third-order valence-corrected chi connectivity index (χ3v) is 1.85. The molecule has 0 aliphatic heterocycles. The molecule has 0 aliphatic rings. The highest BCUT2D eigenvalue weighted by molar-refractivity contribution is 7.80. The zero-order valence-corrected chi connectivity index (χ0v) is 9.04. The Morgan fingerprint density at radius 2 is 2.00 bits per heavy atom. The Morgan fingerprint density at radius 3 is 2.50 bits per heavy atom. The Labute approximate surface area is 88.9 Å². The van der Waals surface area contributed by atoms with E-state index in [1.165, 1.54) is 12.5 Å². The molecule has 14 heavy (non-hydrogen) atoms. The molecule has 0 fully saturated rings. The number of aryl methyl sites for hydroxylation is 1. The van der Waals surface area contributed by atoms with Crippen molar-refractivity contribution in [1.29, 1.82) is 0 Å². The van der Waals surface area contributed by atoms with Crippen molar-refractivity contribution >= 4 is 24.3 Å². The number of hydrogen-bond donors (Lipinski definition) is 2. The second-order valence-electron chi connectivity index (χ2n) is 2.97. The molecular weight excluding hydrogens is 198 g/mol. The first-order valence-electron chi connectivity index (χ1n) is 4.26. The zero-order chi connectivity index (χ0) is 10.6. The SMILES string of the molecule is CC(=O)OC(S)Nc1ccc(C)cc1. The second-order valence-corrected chi connectivity index (χ2v) is 3.44. The Bertz CT molecular complexity index is 310. The van der Waals surface area contributed by atoms with E-state index in [0.717, 1.165) is 5.69 Å². The molecule has 1 atom stereocenters. The van der Waals surface area contributed by atoms with E-state index >= 15 is 0 Å². The lowest BCUT2D eigenvalue weighted by atomic mass is 10.2. The van der Waals surface area contributed by atoms with Crippen LogP contribution in [0.5, 0.6) is 0 Å². The van der Waals surface area contributed by atoms with Gasteiger partial charge in [0.2, 0.25) is 5.56 Å². The molecule has 1 aromatic rings. The fourth-order valence-electron chi connectivity index (χ4n) is 0.979. The molecule has 0 saturated carbocycles. The molecule has 0 aromatic heterocycles. The van der Waals surface area contributed by atoms with Gasteiger partial charge < -0.3 is 10.1 Å². The van der Waals surface area contributed by atoms with Crippen LogP contribution in [0.4, 0.5) is 5.69 Å². The highest BCUT2D eigenvalue weighted by Gasteiger charge is 2.04. The molecule has 0 bridgehead atoms. The molecule has 4 heteroatoms. The third-order valence-electron chi connectivity index (χ3n) is 1.62. The Hall–Kier alpha value is -1.16. The van der Waals surface area contributed by atoms with Gasteiger partial charge in [0.1, 0.15) is 0 Å². The molecule has 0 aliphatic carbocycles. The van der Waals surface area contributed by atoms with Crippen molar-refractivity contribution in [1.82, 2.24) is 0 Å². The van der Waals surface area contributed by atoms with Crippen molar-refractivity contribution in [2.45, 2.75) is 19.4 Å². The third kappa shape index (κ3) is 3.70. The number of benzene rings is 1. The van der Waals surface area contributed by atoms with Crippen LogP contribution >= 0.6 is 12.6 Å². The number of esters is 1. The van der Waals surface area contributed by atoms with Crippen LogP contribution in [0.2, 0.25) is 0 Å². The number of thiol groups is 1. The lowest BCUT2D eigenvalue weighted by molar-refractivity contribution is -0.141. The van der Waals surface area contributed by atoms with Crippen molar-refractivity contribution in [3.8, 4) is 0 Å². The normalized spacial score (nSPS) is 11.9. The molecule has 0 amide bonds. The fraction of sp³-hybridized carbons (Fsp3) is 0.300. The minimum atomic E-state index is -0.602. The molecule has 76 valence electrons. The minimum Gasteiger partial charge on any atom is -0.432 e. The first kappa shape index (κ1) is 10.9. The molecule has 1 aromatic carbocycles. The fourth-order valence-corrected chi connectivity index (χ4v) is 1.28. The Kier molecular flexibility index (Phi) is 3.83. The van der Waals surface area contributed by atoms with Crippen molar-refractivity contribution in [2.24, 2.45) is 0 Å². The van der Waals surface area contributed by atoms with E-state index in [9.17, 15) is 4.79 Å². The topological polar surface area (TPSA) is 38.3 Å². The van der Waals surface area contributed by atoms with Gasteiger partial charge in [0.15, 0.2) is 0 Å². The van der Waals surface area contributed by atoms with Crippen LogP contribution in [0.1, 0.15) is 12.5 Å². The molecular formula is C10H13NO2S. The van der Waals surface area contributed by atoms with E-state index in [1.54, 1.807) is 0 Å². The van der Waals surface area contributed by atoms with E-state index in [4.69, 9.17) is 4.74 Å². The Morgan fingerprint density at radius 1 is 1.43 bits per heavy atom. The van der Waals surface area contributed by atoms with E-state index in [1.807, 2.05) is 31.2 Å². The summed E-state index contributed by atoms with van der Waals surface area (Å²) in [6.07, 6.45) is 0. The summed E-state index contributed by atoms with van der Waals surface area (Å²) < 4.78 is 4.80. The summed E-state index contributed by atoms with van der Waals surface area (Å²) in [6.45, 7) is 3.36. The van der Waals surface area contributed by atoms with Crippen LogP contribution in [-0.4, -0.2) is 11.5 Å². The number of carbonyl (C=O) groups is 1. The van der Waals surface area contributed by atoms with Gasteiger partial charge >= 0.3 is 5.97 Å². The van der Waals surface area contributed by atoms with Gasteiger partial charge in [0.25, 0.3) is 0 Å². The molecule has 0 spiro atoms. The summed E-state index contributed by atoms with van der Waals surface area (Å²) in [6, 6.07) is 7.75. The maximum atomic E-state index is 10.6. The van der Waals surface area contributed by atoms with E-state index < -0.39 is 5.56 Å². The molecule has 1 unspecified atom stereocenters. The van der Waals surface area contributed by atoms with E-state index in [0.29, 0.717) is 0 Å². The van der Waals surface area contributed by atoms with Gasteiger partial charge in [-0.15, -0.1) is 12.6 Å². The molecule has 0 radical (unpaired) electrons. The summed E-state index contributed by atoms with van der Waals surface area (Å²) in [4.78, 5) is 10.6. The average Bonchev–Trinajstić information content (AvgIpc) is 2.07. The predicted molar refractivity (Wildman–Crippen MR) is 59.3 cm³/mol. The van der Waals surface area contributed by atoms with E-state index in [2.05, 4.69) is 17.9 Å². The first-order valence-corrected chi connectivity index (χ1v) is 4.78. The number of anilines is 1. The number of carbonyl (C=O) groups excluding carboxylic acids is 1. The number of rotatable bonds is 3. The van der Waals surface area contributed by atoms with Gasteiger partial charge in [-0.2, -0.15) is 0 Å². The summed E-state index contributed by atoms with van der Waals surface area (Å²) in [7, 11) is 0. The molecule has 1 rings (SSSR count). The first-order chi connectivity index (χ1) is 6.58. The minimum absolute atomic E-state index is 0.357. The maximum Gasteiger partial charge on any atom is 0.305 e. The van der Waals surface area contributed by atoms with E-state index in [-0.39, 0.29) is 5.97 Å². The lowest BCUT2D eigenvalue weighted by Crippen LogP contribution is -2.19. The second kappa shape index (κ2) is 4.91. The lowest BCUT2D eigenvalue weighted by Gasteiger charge is -2.13. The number of ether oxygens (including phenoxy) is 1. The van der Waals surface area contributed by atoms with Crippen LogP contribution in [0.15, 0.2) is 24.3 Å². The van der Waals surface area contributed by atoms with Crippen molar-refractivity contribution in [2.75, 3.05) is 5.32 Å². The summed E-state index contributed by atoms with van der Waals surface area (Å²) >= 11 is 4.05. The van der Waals surface area contributed by atoms with Crippen molar-refractivity contribution < 1.29 is 9.53 Å². The van der Waals surface area contributed by atoms with Gasteiger partial charge in [-0.25, -0.2) is 0 Å². The maximum absolute atomic E-state index is 10.6. The largest absolute Gasteiger partial charge is 0.432 e. The zero-order valence-electron chi connectivity index (χ0n) is 8.15. The molecule has 3 nitrogen and oxygen atoms in total. The molecule has 0 heterocycles. The summed E-state index contributed by atoms with van der Waals surface area (Å²) in [5, 5.41) is 2.92. The van der Waals surface area contributed by atoms with Gasteiger partial charge in [-0.1, -0.05) is 17.7 Å². The monoisotopic (exact) mass is 211 g/mol. The van der Waals surface area contributed by atoms with Crippen molar-refractivity contribution in [3.05, 3.63) is 29.8 Å². The van der Waals surface area contributed by atoms with Gasteiger partial charge in [0, 0.05) is 12.6 Å². The van der Waals surface area contributed by atoms with Crippen LogP contribution < -0.4 is 5.32 Å². The highest BCUT2D eigenvalue weighted by Crippen LogP contribution is 2.11. The van der Waals surface area contributed by atoms with Gasteiger partial charge in [0.05, 0.1) is 0 Å². The number of hydrogen-bond acceptors (Lipinski definition) is 4. The summed E-state index contributed by atoms with van der Waals surface area (Å²) in [5.74, 6) is -0.357. The standard InChI is InChI=1S/C10H13NO2S/c1-7-3-5-9(6-4-7)11-10(14)13-8(2)12/h3-6,10-11,14H,1-2H3. The number of nitrogens with one attached hydrogen (secondary N) is 1. The van der Waals surface area contributed by atoms with Gasteiger partial charge in [-0.05, 0) is 19.1 Å². The van der Waals surface area contributed by atoms with Gasteiger partial charge in [-0.3, -0.25) is 4.79 Å².